The molecule has 0 radical (unpaired) electrons. The van der Waals surface area contributed by atoms with Crippen molar-refractivity contribution in [2.24, 2.45) is 10.7 Å². The van der Waals surface area contributed by atoms with Gasteiger partial charge in [-0.3, -0.25) is 4.79 Å². The van der Waals surface area contributed by atoms with Gasteiger partial charge in [-0.2, -0.15) is 0 Å². The number of halogens is 1. The van der Waals surface area contributed by atoms with Crippen LogP contribution in [-0.4, -0.2) is 18.1 Å². The number of rotatable bonds is 2. The third-order valence-electron chi connectivity index (χ3n) is 2.96. The van der Waals surface area contributed by atoms with Gasteiger partial charge in [0.15, 0.2) is 5.17 Å². The number of nitrogens with one attached hydrogen (secondary N) is 1. The smallest absolute Gasteiger partial charge is 0.257 e. The fourth-order valence-corrected chi connectivity index (χ4v) is 2.93. The van der Waals surface area contributed by atoms with E-state index >= 15 is 0 Å². The summed E-state index contributed by atoms with van der Waals surface area (Å²) < 4.78 is 14.0. The van der Waals surface area contributed by atoms with Crippen LogP contribution in [0.1, 0.15) is 12.5 Å². The average molecular weight is 294 g/mol. The predicted molar refractivity (Wildman–Crippen MR) is 79.5 cm³/mol. The summed E-state index contributed by atoms with van der Waals surface area (Å²) >= 11 is 1.05. The Labute approximate surface area is 120 Å². The van der Waals surface area contributed by atoms with Crippen LogP contribution in [0, 0.1) is 5.82 Å². The normalized spacial score (nSPS) is 21.9. The molecule has 2 rings (SSSR count). The Bertz CT molecular complexity index is 629. The topological polar surface area (TPSA) is 93.5 Å². The maximum atomic E-state index is 14.0. The maximum absolute atomic E-state index is 14.0. The number of hydrogen-bond acceptors (Lipinski definition) is 5. The van der Waals surface area contributed by atoms with E-state index in [4.69, 9.17) is 11.5 Å². The number of thioether (sulfide) groups is 1. The number of amides is 1. The molecule has 0 saturated heterocycles. The molecule has 0 aliphatic carbocycles. The minimum atomic E-state index is -1.06. The van der Waals surface area contributed by atoms with E-state index in [1.807, 2.05) is 0 Å². The number of anilines is 1. The summed E-state index contributed by atoms with van der Waals surface area (Å²) in [6.07, 6.45) is 1.59. The molecule has 0 spiro atoms. The first kappa shape index (κ1) is 14.4. The highest BCUT2D eigenvalue weighted by Gasteiger charge is 2.33. The Morgan fingerprint density at radius 3 is 2.80 bits per heavy atom. The Balaban J connectivity index is 2.56. The summed E-state index contributed by atoms with van der Waals surface area (Å²) in [7, 11) is 1.52. The number of amidine groups is 1. The first-order chi connectivity index (χ1) is 9.35. The second-order valence-corrected chi connectivity index (χ2v) is 5.59. The number of carbonyl (C=O) groups excluding carboxylic acids is 1. The van der Waals surface area contributed by atoms with Gasteiger partial charge in [-0.15, -0.1) is 0 Å². The van der Waals surface area contributed by atoms with E-state index in [0.717, 1.165) is 11.8 Å². The van der Waals surface area contributed by atoms with Gasteiger partial charge in [-0.05, 0) is 43.0 Å². The van der Waals surface area contributed by atoms with E-state index in [9.17, 15) is 9.18 Å². The number of aliphatic imine (C=N–C) groups is 1. The van der Waals surface area contributed by atoms with Crippen molar-refractivity contribution in [1.29, 1.82) is 0 Å². The molecule has 1 atom stereocenters. The van der Waals surface area contributed by atoms with E-state index in [2.05, 4.69) is 10.3 Å². The van der Waals surface area contributed by atoms with Gasteiger partial charge in [-0.25, -0.2) is 9.38 Å². The molecule has 5 N–H and O–H groups in total. The van der Waals surface area contributed by atoms with Crippen LogP contribution in [0.15, 0.2) is 34.2 Å². The number of benzene rings is 1. The van der Waals surface area contributed by atoms with E-state index in [1.165, 1.54) is 25.2 Å². The lowest BCUT2D eigenvalue weighted by molar-refractivity contribution is -0.116. The Morgan fingerprint density at radius 2 is 2.15 bits per heavy atom. The van der Waals surface area contributed by atoms with Crippen molar-refractivity contribution in [2.45, 2.75) is 12.5 Å². The van der Waals surface area contributed by atoms with Crippen molar-refractivity contribution in [3.63, 3.8) is 0 Å². The van der Waals surface area contributed by atoms with Crippen molar-refractivity contribution >= 4 is 28.5 Å². The lowest BCUT2D eigenvalue weighted by Crippen LogP contribution is -2.30. The van der Waals surface area contributed by atoms with Crippen LogP contribution in [0.4, 0.5) is 10.1 Å². The average Bonchev–Trinajstić information content (AvgIpc) is 2.39. The molecule has 1 aliphatic heterocycles. The largest absolute Gasteiger partial charge is 0.399 e. The molecular weight excluding hydrogens is 279 g/mol. The molecular formula is C13H15FN4OS. The Hall–Kier alpha value is -2.02. The molecule has 20 heavy (non-hydrogen) atoms. The molecule has 1 aliphatic rings. The van der Waals surface area contributed by atoms with E-state index in [-0.39, 0.29) is 16.6 Å². The highest BCUT2D eigenvalue weighted by Crippen LogP contribution is 2.38. The molecule has 0 saturated carbocycles. The first-order valence-electron chi connectivity index (χ1n) is 5.89. The molecule has 7 heteroatoms. The predicted octanol–water partition coefficient (Wildman–Crippen LogP) is 1.31. The number of nitrogens with two attached hydrogens (primary N) is 2. The SMILES string of the molecule is CNC(=O)C1=C[C@@](C)(c2cc(N)ccc2F)N=C(N)S1. The maximum Gasteiger partial charge on any atom is 0.257 e. The van der Waals surface area contributed by atoms with E-state index in [1.54, 1.807) is 13.0 Å². The van der Waals surface area contributed by atoms with Gasteiger partial charge in [-0.1, -0.05) is 0 Å². The van der Waals surface area contributed by atoms with Gasteiger partial charge in [0.05, 0.1) is 4.91 Å². The van der Waals surface area contributed by atoms with Gasteiger partial charge in [0.1, 0.15) is 11.4 Å². The first-order valence-corrected chi connectivity index (χ1v) is 6.71. The third kappa shape index (κ3) is 2.62. The molecule has 0 aromatic heterocycles. The van der Waals surface area contributed by atoms with Crippen molar-refractivity contribution in [3.05, 3.63) is 40.6 Å². The molecule has 1 aromatic carbocycles. The van der Waals surface area contributed by atoms with Gasteiger partial charge < -0.3 is 16.8 Å². The monoisotopic (exact) mass is 294 g/mol. The summed E-state index contributed by atoms with van der Waals surface area (Å²) in [6, 6.07) is 4.24. The van der Waals surface area contributed by atoms with Gasteiger partial charge in [0, 0.05) is 18.3 Å². The quantitative estimate of drug-likeness (QED) is 0.717. The summed E-state index contributed by atoms with van der Waals surface area (Å²) in [4.78, 5) is 16.4. The molecule has 0 bridgehead atoms. The lowest BCUT2D eigenvalue weighted by atomic mass is 9.91. The molecule has 1 aromatic rings. The van der Waals surface area contributed by atoms with Gasteiger partial charge >= 0.3 is 0 Å². The molecule has 1 amide bonds. The highest BCUT2D eigenvalue weighted by atomic mass is 32.2. The van der Waals surface area contributed by atoms with Crippen LogP contribution in [0.5, 0.6) is 0 Å². The Kier molecular flexibility index (Phi) is 3.71. The minimum Gasteiger partial charge on any atom is -0.399 e. The zero-order valence-corrected chi connectivity index (χ0v) is 11.9. The van der Waals surface area contributed by atoms with Crippen LogP contribution in [0.25, 0.3) is 0 Å². The van der Waals surface area contributed by atoms with E-state index in [0.29, 0.717) is 10.6 Å². The summed E-state index contributed by atoms with van der Waals surface area (Å²) in [5.74, 6) is -0.735. The molecule has 0 unspecified atom stereocenters. The zero-order chi connectivity index (χ0) is 14.9. The number of carbonyl (C=O) groups is 1. The van der Waals surface area contributed by atoms with Crippen LogP contribution >= 0.6 is 11.8 Å². The third-order valence-corrected chi connectivity index (χ3v) is 3.78. The summed E-state index contributed by atoms with van der Waals surface area (Å²) in [5.41, 5.74) is 11.1. The van der Waals surface area contributed by atoms with Crippen molar-refractivity contribution in [1.82, 2.24) is 5.32 Å². The molecule has 1 heterocycles. The molecule has 106 valence electrons. The fraction of sp³-hybridized carbons (Fsp3) is 0.231. The second kappa shape index (κ2) is 5.16. The van der Waals surface area contributed by atoms with Crippen LogP contribution in [0.2, 0.25) is 0 Å². The van der Waals surface area contributed by atoms with Crippen LogP contribution < -0.4 is 16.8 Å². The van der Waals surface area contributed by atoms with E-state index < -0.39 is 11.4 Å². The number of likely N-dealkylation sites (N-methyl/N-ethyl adjacent to an activating group) is 1. The standard InChI is InChI=1S/C13H15FN4OS/c1-13(8-5-7(15)3-4-9(8)14)6-10(11(19)17-2)20-12(16)18-13/h3-6H,15H2,1-2H3,(H2,16,18)(H,17,19)/t13-/m0/s1. The highest BCUT2D eigenvalue weighted by molar-refractivity contribution is 8.17. The molecule has 5 nitrogen and oxygen atoms in total. The summed E-state index contributed by atoms with van der Waals surface area (Å²) in [6.45, 7) is 1.68. The van der Waals surface area contributed by atoms with Crippen molar-refractivity contribution in [2.75, 3.05) is 12.8 Å². The number of nitrogens with zero attached hydrogens (tertiary/aromatic N) is 1. The molecule has 0 fully saturated rings. The summed E-state index contributed by atoms with van der Waals surface area (Å²) in [5, 5.41) is 2.72. The van der Waals surface area contributed by atoms with Crippen molar-refractivity contribution in [3.8, 4) is 0 Å². The van der Waals surface area contributed by atoms with Crippen LogP contribution in [-0.2, 0) is 10.3 Å². The van der Waals surface area contributed by atoms with Crippen LogP contribution in [0.3, 0.4) is 0 Å². The number of nitrogen functional groups attached to an aromatic ring is 1. The van der Waals surface area contributed by atoms with Gasteiger partial charge in [0.25, 0.3) is 5.91 Å². The minimum absolute atomic E-state index is 0.204. The second-order valence-electron chi connectivity index (χ2n) is 4.53. The lowest BCUT2D eigenvalue weighted by Gasteiger charge is -2.28. The number of hydrogen-bond donors (Lipinski definition) is 3. The fourth-order valence-electron chi connectivity index (χ4n) is 1.99. The Morgan fingerprint density at radius 1 is 1.45 bits per heavy atom. The van der Waals surface area contributed by atoms with Crippen molar-refractivity contribution < 1.29 is 9.18 Å². The zero-order valence-electron chi connectivity index (χ0n) is 11.1. The van der Waals surface area contributed by atoms with Gasteiger partial charge in [0.2, 0.25) is 0 Å².